The normalized spacial score (nSPS) is 12.7. The van der Waals surface area contributed by atoms with E-state index in [1.807, 2.05) is 23.5 Å². The van der Waals surface area contributed by atoms with Crippen LogP contribution in [0.5, 0.6) is 0 Å². The Bertz CT molecular complexity index is 5440. The minimum atomic E-state index is -0.120. The molecule has 0 bridgehead atoms. The van der Waals surface area contributed by atoms with Gasteiger partial charge in [0.25, 0.3) is 0 Å². The maximum absolute atomic E-state index is 2.70. The van der Waals surface area contributed by atoms with Crippen LogP contribution in [0, 0.1) is 0 Å². The molecule has 19 rings (SSSR count). The standard InChI is InChI=1S/C90H60B2N4S2/c1-8-28-61(29-9-1)63-50-52-70(53-51-63)94(71-43-26-36-66(54-71)62-30-10-2-11-31-62)73-56-83-89-86(58-73)97-84-49-25-23-47-77(84)92(89)78-59-79-85(60-81(78)96(83)90-74(64-32-12-3-13-33-64)44-27-45-75(90)65-34-14-4-15-35-65)98-87-57-72(93(67-37-16-5-17-38-67)68-39-18-6-19-40-68)55-82-88(87)91(79)76-46-22-24-48-80(76)95(82)69-41-20-7-21-42-69/h1-60H. The Morgan fingerprint density at radius 3 is 1.26 bits per heavy atom. The van der Waals surface area contributed by atoms with Crippen molar-refractivity contribution in [3.63, 3.8) is 0 Å². The first-order chi connectivity index (χ1) is 48.6. The van der Waals surface area contributed by atoms with Crippen LogP contribution in [0.15, 0.2) is 384 Å². The summed E-state index contributed by atoms with van der Waals surface area (Å²) in [4.78, 5) is 15.1. The van der Waals surface area contributed by atoms with Gasteiger partial charge in [-0.3, -0.25) is 0 Å². The Morgan fingerprint density at radius 2 is 0.653 bits per heavy atom. The van der Waals surface area contributed by atoms with Gasteiger partial charge in [-0.05, 0) is 158 Å². The Morgan fingerprint density at radius 1 is 0.224 bits per heavy atom. The van der Waals surface area contributed by atoms with E-state index in [2.05, 4.69) is 384 Å². The minimum absolute atomic E-state index is 0.0939. The van der Waals surface area contributed by atoms with E-state index >= 15 is 0 Å². The van der Waals surface area contributed by atoms with E-state index in [1.165, 1.54) is 80.4 Å². The summed E-state index contributed by atoms with van der Waals surface area (Å²) in [5.41, 5.74) is 30.5. The molecule has 98 heavy (non-hydrogen) atoms. The van der Waals surface area contributed by atoms with E-state index < -0.39 is 0 Å². The number of rotatable bonds is 12. The maximum atomic E-state index is 2.70. The third kappa shape index (κ3) is 9.81. The smallest absolute Gasteiger partial charge is 0.249 e. The molecule has 4 aliphatic rings. The second kappa shape index (κ2) is 24.2. The molecule has 4 heterocycles. The molecular formula is C90H60B2N4S2. The molecule has 0 saturated carbocycles. The molecule has 0 radical (unpaired) electrons. The quantitative estimate of drug-likeness (QED) is 0.112. The molecule has 8 heteroatoms. The highest BCUT2D eigenvalue weighted by Crippen LogP contribution is 2.54. The SMILES string of the molecule is c1ccc(-c2ccc(N(c3cccc(-c4ccccc4)c3)c3cc4c5c(c3)N(c3c(-c6ccccc6)cccc3-c3ccccc3)c3cc6c(cc3B5c3ccccc3S4)B3c4ccccc4N(c4ccccc4)c4cc(N(c5ccccc5)c5ccccc5)cc(c43)S6)cc2)cc1. The fourth-order valence-corrected chi connectivity index (χ4v) is 18.0. The monoisotopic (exact) mass is 1280 g/mol. The fraction of sp³-hybridized carbons (Fsp3) is 0. The van der Waals surface area contributed by atoms with Crippen LogP contribution in [0.3, 0.4) is 0 Å². The van der Waals surface area contributed by atoms with E-state index in [9.17, 15) is 0 Å². The summed E-state index contributed by atoms with van der Waals surface area (Å²) < 4.78 is 0. The topological polar surface area (TPSA) is 13.0 Å². The number of nitrogens with zero attached hydrogens (tertiary/aromatic N) is 4. The van der Waals surface area contributed by atoms with Crippen molar-refractivity contribution in [2.75, 3.05) is 19.6 Å². The largest absolute Gasteiger partial charge is 0.311 e. The van der Waals surface area contributed by atoms with Crippen LogP contribution < -0.4 is 52.4 Å². The average molecular weight is 1280 g/mol. The van der Waals surface area contributed by atoms with Crippen molar-refractivity contribution in [2.24, 2.45) is 0 Å². The molecule has 0 aromatic heterocycles. The Labute approximate surface area is 581 Å². The summed E-state index contributed by atoms with van der Waals surface area (Å²) in [6, 6.07) is 135. The number of hydrogen-bond acceptors (Lipinski definition) is 6. The summed E-state index contributed by atoms with van der Waals surface area (Å²) in [5, 5.41) is 0. The van der Waals surface area contributed by atoms with E-state index in [0.717, 1.165) is 84.7 Å². The van der Waals surface area contributed by atoms with Gasteiger partial charge in [0, 0.05) is 93.3 Å². The maximum Gasteiger partial charge on any atom is 0.249 e. The van der Waals surface area contributed by atoms with Crippen molar-refractivity contribution in [2.45, 2.75) is 19.6 Å². The van der Waals surface area contributed by atoms with Crippen LogP contribution >= 0.6 is 23.5 Å². The first kappa shape index (κ1) is 57.7. The average Bonchev–Trinajstić information content (AvgIpc) is 0.692. The Balaban J connectivity index is 0.901. The van der Waals surface area contributed by atoms with Gasteiger partial charge in [-0.1, -0.05) is 295 Å². The molecule has 0 fully saturated rings. The third-order valence-corrected chi connectivity index (χ3v) is 22.2. The lowest BCUT2D eigenvalue weighted by Crippen LogP contribution is -2.64. The number of benzene rings is 15. The lowest BCUT2D eigenvalue weighted by molar-refractivity contribution is 1.22. The molecule has 4 nitrogen and oxygen atoms in total. The predicted molar refractivity (Wildman–Crippen MR) is 417 cm³/mol. The highest BCUT2D eigenvalue weighted by molar-refractivity contribution is 8.00. The number of para-hydroxylation sites is 5. The van der Waals surface area contributed by atoms with Gasteiger partial charge >= 0.3 is 0 Å². The molecule has 0 N–H and O–H groups in total. The van der Waals surface area contributed by atoms with Gasteiger partial charge in [0.05, 0.1) is 5.69 Å². The molecule has 15 aromatic rings. The molecule has 0 spiro atoms. The molecule has 0 aliphatic carbocycles. The van der Waals surface area contributed by atoms with Gasteiger partial charge < -0.3 is 19.6 Å². The van der Waals surface area contributed by atoms with Crippen molar-refractivity contribution in [3.05, 3.63) is 364 Å². The summed E-state index contributed by atoms with van der Waals surface area (Å²) in [6.45, 7) is -0.214. The van der Waals surface area contributed by atoms with Crippen molar-refractivity contribution < 1.29 is 0 Å². The van der Waals surface area contributed by atoms with Crippen LogP contribution in [0.2, 0.25) is 0 Å². The van der Waals surface area contributed by atoms with Crippen molar-refractivity contribution in [1.29, 1.82) is 0 Å². The summed E-state index contributed by atoms with van der Waals surface area (Å²) in [7, 11) is 0. The van der Waals surface area contributed by atoms with Crippen molar-refractivity contribution in [3.8, 4) is 44.5 Å². The minimum Gasteiger partial charge on any atom is -0.311 e. The molecule has 0 unspecified atom stereocenters. The van der Waals surface area contributed by atoms with Crippen LogP contribution in [-0.4, -0.2) is 13.4 Å². The van der Waals surface area contributed by atoms with E-state index in [4.69, 9.17) is 0 Å². The summed E-state index contributed by atoms with van der Waals surface area (Å²) in [5.74, 6) is 0. The molecular weight excluding hydrogens is 1220 g/mol. The zero-order valence-electron chi connectivity index (χ0n) is 53.4. The zero-order chi connectivity index (χ0) is 64.6. The van der Waals surface area contributed by atoms with Gasteiger partial charge in [-0.25, -0.2) is 0 Å². The predicted octanol–water partition coefficient (Wildman–Crippen LogP) is 20.8. The second-order valence-corrected chi connectivity index (χ2v) is 27.6. The van der Waals surface area contributed by atoms with Crippen LogP contribution in [0.4, 0.5) is 68.2 Å². The summed E-state index contributed by atoms with van der Waals surface area (Å²) >= 11 is 3.82. The van der Waals surface area contributed by atoms with Crippen molar-refractivity contribution >= 4 is 138 Å². The molecule has 458 valence electrons. The van der Waals surface area contributed by atoms with Gasteiger partial charge in [0.1, 0.15) is 0 Å². The highest BCUT2D eigenvalue weighted by atomic mass is 32.2. The third-order valence-electron chi connectivity index (χ3n) is 19.9. The molecule has 4 aliphatic heterocycles. The van der Waals surface area contributed by atoms with Gasteiger partial charge in [-0.15, -0.1) is 0 Å². The first-order valence-electron chi connectivity index (χ1n) is 33.6. The van der Waals surface area contributed by atoms with Gasteiger partial charge in [0.2, 0.25) is 13.4 Å². The van der Waals surface area contributed by atoms with Crippen LogP contribution in [0.1, 0.15) is 0 Å². The number of anilines is 12. The highest BCUT2D eigenvalue weighted by Gasteiger charge is 2.47. The first-order valence-corrected chi connectivity index (χ1v) is 35.2. The zero-order valence-corrected chi connectivity index (χ0v) is 55.0. The summed E-state index contributed by atoms with van der Waals surface area (Å²) in [6.07, 6.45) is 0. The number of hydrogen-bond donors (Lipinski definition) is 0. The Kier molecular flexibility index (Phi) is 14.3. The van der Waals surface area contributed by atoms with Crippen LogP contribution in [-0.2, 0) is 0 Å². The lowest BCUT2D eigenvalue weighted by Gasteiger charge is -2.44. The molecule has 15 aromatic carbocycles. The number of fused-ring (bicyclic) bond motifs is 8. The van der Waals surface area contributed by atoms with Gasteiger partial charge in [-0.2, -0.15) is 0 Å². The van der Waals surface area contributed by atoms with Crippen LogP contribution in [0.25, 0.3) is 44.5 Å². The van der Waals surface area contributed by atoms with E-state index in [1.54, 1.807) is 0 Å². The second-order valence-electron chi connectivity index (χ2n) is 25.5. The fourth-order valence-electron chi connectivity index (χ4n) is 15.6. The Hall–Kier alpha value is -11.7. The van der Waals surface area contributed by atoms with Gasteiger partial charge in [0.15, 0.2) is 0 Å². The lowest BCUT2D eigenvalue weighted by atomic mass is 9.31. The molecule has 0 saturated heterocycles. The van der Waals surface area contributed by atoms with E-state index in [0.29, 0.717) is 0 Å². The van der Waals surface area contributed by atoms with E-state index in [-0.39, 0.29) is 13.4 Å². The molecule has 0 amide bonds. The van der Waals surface area contributed by atoms with Crippen molar-refractivity contribution in [1.82, 2.24) is 0 Å². The molecule has 0 atom stereocenters.